The molecule has 0 aliphatic rings. The molecular weight excluding hydrogens is 130 g/mol. The van der Waals surface area contributed by atoms with Crippen LogP contribution in [0.2, 0.25) is 0 Å². The van der Waals surface area contributed by atoms with E-state index in [0.717, 1.165) is 5.76 Å². The Labute approximate surface area is 59.3 Å². The first-order valence-corrected chi connectivity index (χ1v) is 3.00. The van der Waals surface area contributed by atoms with E-state index >= 15 is 0 Å². The average molecular weight is 139 g/mol. The molecule has 0 saturated heterocycles. The van der Waals surface area contributed by atoms with Crippen LogP contribution in [0.15, 0.2) is 23.2 Å². The molecule has 1 rings (SSSR count). The molecule has 0 aliphatic carbocycles. The Hall–Kier alpha value is -1.25. The molecule has 0 bridgehead atoms. The van der Waals surface area contributed by atoms with Gasteiger partial charge in [-0.3, -0.25) is 0 Å². The zero-order valence-electron chi connectivity index (χ0n) is 5.83. The van der Waals surface area contributed by atoms with Crippen LogP contribution in [0.1, 0.15) is 5.76 Å². The summed E-state index contributed by atoms with van der Waals surface area (Å²) in [6.45, 7) is 5.78. The SMILES string of the molecule is C=CCOc1cc(C)on1. The molecule has 0 spiro atoms. The highest BCUT2D eigenvalue weighted by Crippen LogP contribution is 2.08. The van der Waals surface area contributed by atoms with Gasteiger partial charge in [0, 0.05) is 6.07 Å². The van der Waals surface area contributed by atoms with Crippen molar-refractivity contribution in [3.05, 3.63) is 24.5 Å². The molecule has 1 aromatic rings. The van der Waals surface area contributed by atoms with E-state index in [-0.39, 0.29) is 0 Å². The van der Waals surface area contributed by atoms with Crippen LogP contribution >= 0.6 is 0 Å². The lowest BCUT2D eigenvalue weighted by atomic mass is 10.5. The lowest BCUT2D eigenvalue weighted by molar-refractivity contribution is 0.305. The van der Waals surface area contributed by atoms with Crippen molar-refractivity contribution in [2.45, 2.75) is 6.92 Å². The minimum Gasteiger partial charge on any atom is -0.471 e. The summed E-state index contributed by atoms with van der Waals surface area (Å²) in [6.07, 6.45) is 1.66. The van der Waals surface area contributed by atoms with Crippen molar-refractivity contribution >= 4 is 0 Å². The van der Waals surface area contributed by atoms with Gasteiger partial charge in [-0.05, 0) is 12.1 Å². The quantitative estimate of drug-likeness (QED) is 0.596. The van der Waals surface area contributed by atoms with E-state index in [9.17, 15) is 0 Å². The van der Waals surface area contributed by atoms with Gasteiger partial charge in [0.05, 0.1) is 0 Å². The van der Waals surface area contributed by atoms with Crippen LogP contribution in [0.25, 0.3) is 0 Å². The van der Waals surface area contributed by atoms with E-state index < -0.39 is 0 Å². The van der Waals surface area contributed by atoms with E-state index in [2.05, 4.69) is 11.7 Å². The molecule has 0 atom stereocenters. The maximum Gasteiger partial charge on any atom is 0.254 e. The molecule has 0 aliphatic heterocycles. The van der Waals surface area contributed by atoms with Gasteiger partial charge >= 0.3 is 0 Å². The number of aryl methyl sites for hydroxylation is 1. The molecule has 1 aromatic heterocycles. The maximum absolute atomic E-state index is 5.05. The standard InChI is InChI=1S/C7H9NO2/c1-3-4-9-7-5-6(2)10-8-7/h3,5H,1,4H2,2H3. The van der Waals surface area contributed by atoms with Crippen LogP contribution in [0.5, 0.6) is 5.88 Å². The Kier molecular flexibility index (Phi) is 2.10. The van der Waals surface area contributed by atoms with Gasteiger partial charge in [0.1, 0.15) is 12.4 Å². The van der Waals surface area contributed by atoms with Crippen LogP contribution in [-0.4, -0.2) is 11.8 Å². The molecule has 0 fully saturated rings. The lowest BCUT2D eigenvalue weighted by Crippen LogP contribution is -1.91. The average Bonchev–Trinajstić information content (AvgIpc) is 2.31. The van der Waals surface area contributed by atoms with E-state index in [1.807, 2.05) is 6.92 Å². The highest BCUT2D eigenvalue weighted by Gasteiger charge is 1.97. The summed E-state index contributed by atoms with van der Waals surface area (Å²) in [5, 5.41) is 3.61. The van der Waals surface area contributed by atoms with Crippen LogP contribution in [-0.2, 0) is 0 Å². The molecule has 0 aromatic carbocycles. The predicted octanol–water partition coefficient (Wildman–Crippen LogP) is 1.55. The van der Waals surface area contributed by atoms with Crippen molar-refractivity contribution in [3.8, 4) is 5.88 Å². The van der Waals surface area contributed by atoms with Crippen molar-refractivity contribution in [2.75, 3.05) is 6.61 Å². The molecule has 0 saturated carbocycles. The molecule has 54 valence electrons. The van der Waals surface area contributed by atoms with Crippen LogP contribution < -0.4 is 4.74 Å². The predicted molar refractivity (Wildman–Crippen MR) is 36.9 cm³/mol. The minimum absolute atomic E-state index is 0.464. The molecule has 0 amide bonds. The highest BCUT2D eigenvalue weighted by molar-refractivity contribution is 5.09. The number of aromatic nitrogens is 1. The summed E-state index contributed by atoms with van der Waals surface area (Å²) in [6, 6.07) is 1.73. The molecule has 10 heavy (non-hydrogen) atoms. The molecule has 3 nitrogen and oxygen atoms in total. The fourth-order valence-electron chi connectivity index (χ4n) is 0.556. The number of ether oxygens (including phenoxy) is 1. The van der Waals surface area contributed by atoms with Gasteiger partial charge in [-0.2, -0.15) is 0 Å². The fraction of sp³-hybridized carbons (Fsp3) is 0.286. The van der Waals surface area contributed by atoms with E-state index in [1.54, 1.807) is 12.1 Å². The number of nitrogens with zero attached hydrogens (tertiary/aromatic N) is 1. The van der Waals surface area contributed by atoms with Crippen LogP contribution in [0.3, 0.4) is 0 Å². The smallest absolute Gasteiger partial charge is 0.254 e. The summed E-state index contributed by atoms with van der Waals surface area (Å²) in [4.78, 5) is 0. The zero-order chi connectivity index (χ0) is 7.40. The van der Waals surface area contributed by atoms with Crippen LogP contribution in [0, 0.1) is 6.92 Å². The monoisotopic (exact) mass is 139 g/mol. The molecule has 0 radical (unpaired) electrons. The van der Waals surface area contributed by atoms with Gasteiger partial charge in [0.2, 0.25) is 0 Å². The van der Waals surface area contributed by atoms with Gasteiger partial charge in [0.25, 0.3) is 5.88 Å². The van der Waals surface area contributed by atoms with E-state index in [1.165, 1.54) is 0 Å². The molecule has 0 N–H and O–H groups in total. The number of rotatable bonds is 3. The summed E-state index contributed by atoms with van der Waals surface area (Å²) in [5.41, 5.74) is 0. The Bertz CT molecular complexity index is 217. The van der Waals surface area contributed by atoms with Gasteiger partial charge < -0.3 is 9.26 Å². The van der Waals surface area contributed by atoms with Crippen LogP contribution in [0.4, 0.5) is 0 Å². The van der Waals surface area contributed by atoms with Crippen molar-refractivity contribution in [2.24, 2.45) is 0 Å². The summed E-state index contributed by atoms with van der Waals surface area (Å²) < 4.78 is 9.81. The number of hydrogen-bond acceptors (Lipinski definition) is 3. The van der Waals surface area contributed by atoms with Gasteiger partial charge in [-0.15, -0.1) is 0 Å². The second-order valence-corrected chi connectivity index (χ2v) is 1.88. The topological polar surface area (TPSA) is 35.3 Å². The van der Waals surface area contributed by atoms with Crippen molar-refractivity contribution in [1.82, 2.24) is 5.16 Å². The van der Waals surface area contributed by atoms with Gasteiger partial charge in [-0.25, -0.2) is 0 Å². The first kappa shape index (κ1) is 6.86. The second-order valence-electron chi connectivity index (χ2n) is 1.88. The normalized spacial score (nSPS) is 9.30. The van der Waals surface area contributed by atoms with E-state index in [4.69, 9.17) is 9.26 Å². The second kappa shape index (κ2) is 3.06. The molecule has 1 heterocycles. The Balaban J connectivity index is 2.49. The first-order chi connectivity index (χ1) is 4.83. The molecule has 3 heteroatoms. The largest absolute Gasteiger partial charge is 0.471 e. The maximum atomic E-state index is 5.05. The zero-order valence-corrected chi connectivity index (χ0v) is 5.83. The van der Waals surface area contributed by atoms with Gasteiger partial charge in [0.15, 0.2) is 0 Å². The Morgan fingerprint density at radius 2 is 2.70 bits per heavy atom. The Morgan fingerprint density at radius 3 is 3.20 bits per heavy atom. The van der Waals surface area contributed by atoms with Gasteiger partial charge in [-0.1, -0.05) is 12.7 Å². The highest BCUT2D eigenvalue weighted by atomic mass is 16.5. The van der Waals surface area contributed by atoms with Crippen molar-refractivity contribution in [1.29, 1.82) is 0 Å². The van der Waals surface area contributed by atoms with Crippen molar-refractivity contribution in [3.63, 3.8) is 0 Å². The third kappa shape index (κ3) is 1.62. The van der Waals surface area contributed by atoms with E-state index in [0.29, 0.717) is 12.5 Å². The third-order valence-corrected chi connectivity index (χ3v) is 0.955. The molecule has 0 unspecified atom stereocenters. The first-order valence-electron chi connectivity index (χ1n) is 3.00. The summed E-state index contributed by atoms with van der Waals surface area (Å²) in [5.74, 6) is 1.26. The third-order valence-electron chi connectivity index (χ3n) is 0.955. The summed E-state index contributed by atoms with van der Waals surface area (Å²) >= 11 is 0. The van der Waals surface area contributed by atoms with Crippen molar-refractivity contribution < 1.29 is 9.26 Å². The molecular formula is C7H9NO2. The Morgan fingerprint density at radius 1 is 1.90 bits per heavy atom. The fourth-order valence-corrected chi connectivity index (χ4v) is 0.556. The summed E-state index contributed by atoms with van der Waals surface area (Å²) in [7, 11) is 0. The minimum atomic E-state index is 0.464. The number of hydrogen-bond donors (Lipinski definition) is 0. The lowest BCUT2D eigenvalue weighted by Gasteiger charge is -1.92.